The number of nitrogens with one attached hydrogen (secondary N) is 2. The summed E-state index contributed by atoms with van der Waals surface area (Å²) in [5.74, 6) is -0.974. The maximum Gasteiger partial charge on any atom is 0.319 e. The van der Waals surface area contributed by atoms with Gasteiger partial charge in [0.15, 0.2) is 0 Å². The fourth-order valence-electron chi connectivity index (χ4n) is 1.63. The minimum absolute atomic E-state index is 0.118. The van der Waals surface area contributed by atoms with E-state index in [0.29, 0.717) is 11.4 Å². The Kier molecular flexibility index (Phi) is 5.92. The normalized spacial score (nSPS) is 11.8. The molecule has 2 amide bonds. The van der Waals surface area contributed by atoms with E-state index in [2.05, 4.69) is 15.6 Å². The number of aliphatic carboxylic acids is 1. The lowest BCUT2D eigenvalue weighted by Crippen LogP contribution is -2.37. The highest BCUT2D eigenvalue weighted by atomic mass is 16.5. The minimum Gasteiger partial charge on any atom is -0.481 e. The average Bonchev–Trinajstić information content (AvgIpc) is 2.37. The van der Waals surface area contributed by atoms with E-state index in [1.54, 1.807) is 19.1 Å². The van der Waals surface area contributed by atoms with Crippen LogP contribution in [0.1, 0.15) is 17.8 Å². The van der Waals surface area contributed by atoms with Gasteiger partial charge in [-0.25, -0.2) is 4.79 Å². The lowest BCUT2D eigenvalue weighted by Gasteiger charge is -2.15. The number of pyridine rings is 1. The van der Waals surface area contributed by atoms with E-state index >= 15 is 0 Å². The van der Waals surface area contributed by atoms with Crippen molar-refractivity contribution in [3.8, 4) is 0 Å². The van der Waals surface area contributed by atoms with Crippen LogP contribution < -0.4 is 10.6 Å². The number of ether oxygens (including phenoxy) is 1. The molecule has 1 rings (SSSR count). The number of methoxy groups -OCH3 is 1. The molecule has 0 fully saturated rings. The molecule has 1 heterocycles. The fourth-order valence-corrected chi connectivity index (χ4v) is 1.63. The minimum atomic E-state index is -0.974. The van der Waals surface area contributed by atoms with Gasteiger partial charge in [-0.15, -0.1) is 0 Å². The average molecular weight is 281 g/mol. The van der Waals surface area contributed by atoms with Crippen molar-refractivity contribution < 1.29 is 19.4 Å². The number of hydrogen-bond donors (Lipinski definition) is 3. The molecule has 0 aliphatic heterocycles. The Labute approximate surface area is 117 Å². The number of carboxylic acids is 1. The Morgan fingerprint density at radius 1 is 1.40 bits per heavy atom. The maximum atomic E-state index is 11.7. The molecule has 3 N–H and O–H groups in total. The molecular formula is C13H19N3O4. The summed E-state index contributed by atoms with van der Waals surface area (Å²) in [5, 5.41) is 13.9. The third-order valence-electron chi connectivity index (χ3n) is 2.70. The van der Waals surface area contributed by atoms with E-state index in [9.17, 15) is 9.59 Å². The number of carboxylic acid groups (broad SMARTS) is 1. The van der Waals surface area contributed by atoms with E-state index in [4.69, 9.17) is 9.84 Å². The molecule has 0 aromatic carbocycles. The van der Waals surface area contributed by atoms with Crippen LogP contribution >= 0.6 is 0 Å². The van der Waals surface area contributed by atoms with Crippen LogP contribution in [0.5, 0.6) is 0 Å². The number of hydrogen-bond acceptors (Lipinski definition) is 4. The van der Waals surface area contributed by atoms with Crippen LogP contribution in [0.3, 0.4) is 0 Å². The predicted octanol–water partition coefficient (Wildman–Crippen LogP) is 1.31. The fraction of sp³-hybridized carbons (Fsp3) is 0.462. The quantitative estimate of drug-likeness (QED) is 0.730. The van der Waals surface area contributed by atoms with E-state index < -0.39 is 18.1 Å². The van der Waals surface area contributed by atoms with Crippen LogP contribution in [-0.2, 0) is 9.53 Å². The van der Waals surface area contributed by atoms with Gasteiger partial charge in [0.05, 0.1) is 23.9 Å². The third-order valence-corrected chi connectivity index (χ3v) is 2.70. The molecule has 0 aliphatic rings. The Balaban J connectivity index is 2.49. The lowest BCUT2D eigenvalue weighted by molar-refractivity contribution is -0.139. The van der Waals surface area contributed by atoms with Gasteiger partial charge >= 0.3 is 12.0 Å². The first-order valence-corrected chi connectivity index (χ1v) is 6.16. The topological polar surface area (TPSA) is 101 Å². The number of nitrogens with zero attached hydrogens (tertiary/aromatic N) is 1. The van der Waals surface area contributed by atoms with Crippen LogP contribution in [0.2, 0.25) is 0 Å². The summed E-state index contributed by atoms with van der Waals surface area (Å²) in [6.45, 7) is 3.78. The van der Waals surface area contributed by atoms with Gasteiger partial charge in [-0.1, -0.05) is 0 Å². The Hall–Kier alpha value is -2.15. The van der Waals surface area contributed by atoms with Crippen LogP contribution in [0, 0.1) is 13.8 Å². The highest BCUT2D eigenvalue weighted by Gasteiger charge is 2.13. The summed E-state index contributed by atoms with van der Waals surface area (Å²) in [6, 6.07) is 3.14. The first kappa shape index (κ1) is 15.9. The second-order valence-electron chi connectivity index (χ2n) is 4.38. The van der Waals surface area contributed by atoms with Crippen LogP contribution in [0.15, 0.2) is 12.1 Å². The molecule has 7 nitrogen and oxygen atoms in total. The van der Waals surface area contributed by atoms with Crippen molar-refractivity contribution in [1.82, 2.24) is 10.3 Å². The number of carbonyl (C=O) groups is 2. The Morgan fingerprint density at radius 2 is 2.10 bits per heavy atom. The van der Waals surface area contributed by atoms with Gasteiger partial charge in [-0.3, -0.25) is 9.78 Å². The van der Waals surface area contributed by atoms with E-state index in [0.717, 1.165) is 5.69 Å². The Morgan fingerprint density at radius 3 is 2.65 bits per heavy atom. The van der Waals surface area contributed by atoms with E-state index in [-0.39, 0.29) is 13.0 Å². The lowest BCUT2D eigenvalue weighted by atomic mass is 10.2. The van der Waals surface area contributed by atoms with Crippen molar-refractivity contribution in [2.75, 3.05) is 19.0 Å². The largest absolute Gasteiger partial charge is 0.481 e. The number of urea groups is 1. The van der Waals surface area contributed by atoms with Gasteiger partial charge in [0.1, 0.15) is 0 Å². The second-order valence-corrected chi connectivity index (χ2v) is 4.38. The summed E-state index contributed by atoms with van der Waals surface area (Å²) < 4.78 is 4.97. The zero-order valence-electron chi connectivity index (χ0n) is 11.8. The van der Waals surface area contributed by atoms with Gasteiger partial charge in [0.25, 0.3) is 0 Å². The SMILES string of the molecule is COC(CNC(=O)Nc1ccc(C)nc1C)CC(=O)O. The Bertz CT molecular complexity index is 491. The standard InChI is InChI=1S/C13H19N3O4/c1-8-4-5-11(9(2)15-8)16-13(19)14-7-10(20-3)6-12(17)18/h4-5,10H,6-7H2,1-3H3,(H,17,18)(H2,14,16,19). The van der Waals surface area contributed by atoms with Crippen molar-refractivity contribution in [3.63, 3.8) is 0 Å². The van der Waals surface area contributed by atoms with E-state index in [1.807, 2.05) is 6.92 Å². The molecule has 1 atom stereocenters. The molecule has 7 heteroatoms. The summed E-state index contributed by atoms with van der Waals surface area (Å²) in [5.41, 5.74) is 2.20. The number of amides is 2. The van der Waals surface area contributed by atoms with Gasteiger partial charge in [0.2, 0.25) is 0 Å². The van der Waals surface area contributed by atoms with Crippen molar-refractivity contribution in [2.45, 2.75) is 26.4 Å². The van der Waals surface area contributed by atoms with Crippen LogP contribution in [-0.4, -0.2) is 41.8 Å². The molecule has 0 radical (unpaired) electrons. The second kappa shape index (κ2) is 7.44. The summed E-state index contributed by atoms with van der Waals surface area (Å²) in [6.07, 6.45) is -0.725. The van der Waals surface area contributed by atoms with Crippen molar-refractivity contribution in [1.29, 1.82) is 0 Å². The number of aryl methyl sites for hydroxylation is 2. The first-order valence-electron chi connectivity index (χ1n) is 6.16. The third kappa shape index (κ3) is 5.23. The molecule has 1 aromatic heterocycles. The molecule has 0 aliphatic carbocycles. The maximum absolute atomic E-state index is 11.7. The molecule has 0 bridgehead atoms. The number of aromatic nitrogens is 1. The molecule has 0 saturated carbocycles. The molecule has 1 aromatic rings. The van der Waals surface area contributed by atoms with Crippen LogP contribution in [0.4, 0.5) is 10.5 Å². The van der Waals surface area contributed by atoms with Gasteiger partial charge in [-0.2, -0.15) is 0 Å². The first-order chi connectivity index (χ1) is 9.42. The molecular weight excluding hydrogens is 262 g/mol. The van der Waals surface area contributed by atoms with Crippen molar-refractivity contribution >= 4 is 17.7 Å². The highest BCUT2D eigenvalue weighted by molar-refractivity contribution is 5.89. The molecule has 20 heavy (non-hydrogen) atoms. The van der Waals surface area contributed by atoms with Crippen molar-refractivity contribution in [2.24, 2.45) is 0 Å². The molecule has 0 saturated heterocycles. The van der Waals surface area contributed by atoms with Gasteiger partial charge in [0, 0.05) is 19.3 Å². The van der Waals surface area contributed by atoms with Gasteiger partial charge < -0.3 is 20.5 Å². The summed E-state index contributed by atoms with van der Waals surface area (Å²) in [7, 11) is 1.40. The van der Waals surface area contributed by atoms with Crippen LogP contribution in [0.25, 0.3) is 0 Å². The predicted molar refractivity (Wildman–Crippen MR) is 73.8 cm³/mol. The summed E-state index contributed by atoms with van der Waals surface area (Å²) in [4.78, 5) is 26.5. The van der Waals surface area contributed by atoms with Gasteiger partial charge in [-0.05, 0) is 26.0 Å². The number of rotatable bonds is 6. The molecule has 0 spiro atoms. The number of anilines is 1. The smallest absolute Gasteiger partial charge is 0.319 e. The van der Waals surface area contributed by atoms with Crippen molar-refractivity contribution in [3.05, 3.63) is 23.5 Å². The van der Waals surface area contributed by atoms with E-state index in [1.165, 1.54) is 7.11 Å². The molecule has 110 valence electrons. The zero-order valence-corrected chi connectivity index (χ0v) is 11.8. The summed E-state index contributed by atoms with van der Waals surface area (Å²) >= 11 is 0. The zero-order chi connectivity index (χ0) is 15.1. The number of carbonyl (C=O) groups excluding carboxylic acids is 1. The monoisotopic (exact) mass is 281 g/mol. The highest BCUT2D eigenvalue weighted by Crippen LogP contribution is 2.12. The molecule has 1 unspecified atom stereocenters.